The maximum Gasteiger partial charge on any atom is 0.231 e. The second-order valence-electron chi connectivity index (χ2n) is 7.21. The topological polar surface area (TPSA) is 104 Å². The highest BCUT2D eigenvalue weighted by atomic mass is 127. The average molecular weight is 553 g/mol. The second-order valence-corrected chi connectivity index (χ2v) is 7.21. The minimum Gasteiger partial charge on any atom is -0.454 e. The van der Waals surface area contributed by atoms with E-state index in [9.17, 15) is 4.79 Å². The van der Waals surface area contributed by atoms with Crippen molar-refractivity contribution in [2.75, 3.05) is 51.5 Å². The molecule has 1 aromatic carbocycles. The Morgan fingerprint density at radius 2 is 1.84 bits per heavy atom. The van der Waals surface area contributed by atoms with Crippen molar-refractivity contribution < 1.29 is 14.3 Å². The molecule has 0 aliphatic carbocycles. The third-order valence-electron chi connectivity index (χ3n) is 5.22. The Kier molecular flexibility index (Phi) is 8.71. The molecule has 2 N–H and O–H groups in total. The zero-order valence-electron chi connectivity index (χ0n) is 18.0. The zero-order valence-corrected chi connectivity index (χ0v) is 20.3. The third kappa shape index (κ3) is 6.11. The summed E-state index contributed by atoms with van der Waals surface area (Å²) in [5, 5.41) is 6.45. The summed E-state index contributed by atoms with van der Waals surface area (Å²) in [4.78, 5) is 29.3. The van der Waals surface area contributed by atoms with Crippen LogP contribution in [0.4, 0.5) is 5.95 Å². The lowest BCUT2D eigenvalue weighted by Gasteiger charge is -2.34. The number of aromatic nitrogens is 2. The Hall–Kier alpha value is -2.83. The molecular formula is C21H28IN7O3. The highest BCUT2D eigenvalue weighted by Crippen LogP contribution is 2.32. The smallest absolute Gasteiger partial charge is 0.231 e. The van der Waals surface area contributed by atoms with Gasteiger partial charge in [0.25, 0.3) is 0 Å². The Morgan fingerprint density at radius 1 is 1.09 bits per heavy atom. The molecule has 2 aromatic rings. The van der Waals surface area contributed by atoms with Crippen LogP contribution in [0.15, 0.2) is 41.7 Å². The number of nitrogens with one attached hydrogen (secondary N) is 2. The largest absolute Gasteiger partial charge is 0.454 e. The molecule has 1 fully saturated rings. The minimum atomic E-state index is 0. The van der Waals surface area contributed by atoms with Crippen LogP contribution < -0.4 is 25.0 Å². The fourth-order valence-corrected chi connectivity index (χ4v) is 3.51. The first-order chi connectivity index (χ1) is 15.2. The molecule has 11 heteroatoms. The van der Waals surface area contributed by atoms with Crippen LogP contribution in [-0.4, -0.2) is 73.3 Å². The first-order valence-corrected chi connectivity index (χ1v) is 10.4. The Balaban J connectivity index is 0.00000289. The Bertz CT molecular complexity index is 921. The fraction of sp³-hybridized carbons (Fsp3) is 0.429. The summed E-state index contributed by atoms with van der Waals surface area (Å²) in [6.45, 7) is 4.19. The van der Waals surface area contributed by atoms with Gasteiger partial charge in [0.2, 0.25) is 18.6 Å². The second kappa shape index (κ2) is 11.7. The molecule has 0 unspecified atom stereocenters. The lowest BCUT2D eigenvalue weighted by Crippen LogP contribution is -2.50. The van der Waals surface area contributed by atoms with Gasteiger partial charge >= 0.3 is 0 Å². The van der Waals surface area contributed by atoms with E-state index in [0.29, 0.717) is 44.5 Å². The summed E-state index contributed by atoms with van der Waals surface area (Å²) < 4.78 is 10.7. The molecular weight excluding hydrogens is 525 g/mol. The predicted octanol–water partition coefficient (Wildman–Crippen LogP) is 1.23. The van der Waals surface area contributed by atoms with Crippen LogP contribution in [-0.2, 0) is 11.3 Å². The van der Waals surface area contributed by atoms with Crippen molar-refractivity contribution in [3.8, 4) is 11.5 Å². The number of ether oxygens (including phenoxy) is 2. The number of carbonyl (C=O) groups is 1. The predicted molar refractivity (Wildman–Crippen MR) is 132 cm³/mol. The van der Waals surface area contributed by atoms with Crippen LogP contribution in [0.2, 0.25) is 0 Å². The van der Waals surface area contributed by atoms with Crippen molar-refractivity contribution in [3.63, 3.8) is 0 Å². The molecule has 0 radical (unpaired) electrons. The number of piperazine rings is 1. The number of amides is 1. The van der Waals surface area contributed by atoms with Gasteiger partial charge in [0.15, 0.2) is 17.5 Å². The number of rotatable bonds is 6. The van der Waals surface area contributed by atoms with E-state index < -0.39 is 0 Å². The maximum absolute atomic E-state index is 12.5. The van der Waals surface area contributed by atoms with E-state index in [1.54, 1.807) is 25.5 Å². The van der Waals surface area contributed by atoms with Crippen LogP contribution in [0.5, 0.6) is 11.5 Å². The van der Waals surface area contributed by atoms with Crippen LogP contribution in [0.1, 0.15) is 12.0 Å². The van der Waals surface area contributed by atoms with Crippen LogP contribution >= 0.6 is 24.0 Å². The molecule has 4 rings (SSSR count). The van der Waals surface area contributed by atoms with Gasteiger partial charge in [0.05, 0.1) is 0 Å². The van der Waals surface area contributed by atoms with Crippen LogP contribution in [0.3, 0.4) is 0 Å². The van der Waals surface area contributed by atoms with E-state index in [4.69, 9.17) is 9.47 Å². The van der Waals surface area contributed by atoms with Gasteiger partial charge in [-0.1, -0.05) is 6.07 Å². The van der Waals surface area contributed by atoms with Crippen LogP contribution in [0, 0.1) is 0 Å². The van der Waals surface area contributed by atoms with Crippen molar-refractivity contribution in [2.45, 2.75) is 13.0 Å². The van der Waals surface area contributed by atoms with Crippen molar-refractivity contribution in [1.82, 2.24) is 25.5 Å². The summed E-state index contributed by atoms with van der Waals surface area (Å²) in [6, 6.07) is 7.63. The van der Waals surface area contributed by atoms with Gasteiger partial charge in [-0.3, -0.25) is 9.79 Å². The van der Waals surface area contributed by atoms with Crippen molar-refractivity contribution in [1.29, 1.82) is 0 Å². The number of aliphatic imine (C=N–C) groups is 1. The molecule has 0 saturated carbocycles. The van der Waals surface area contributed by atoms with E-state index >= 15 is 0 Å². The Morgan fingerprint density at radius 3 is 2.59 bits per heavy atom. The lowest BCUT2D eigenvalue weighted by atomic mass is 10.2. The number of benzene rings is 1. The number of nitrogens with zero attached hydrogens (tertiary/aromatic N) is 5. The van der Waals surface area contributed by atoms with Gasteiger partial charge in [-0.2, -0.15) is 0 Å². The minimum absolute atomic E-state index is 0. The highest BCUT2D eigenvalue weighted by Gasteiger charge is 2.22. The molecule has 0 atom stereocenters. The Labute approximate surface area is 204 Å². The first kappa shape index (κ1) is 23.8. The van der Waals surface area contributed by atoms with Crippen molar-refractivity contribution in [2.24, 2.45) is 4.99 Å². The third-order valence-corrected chi connectivity index (χ3v) is 5.22. The molecule has 10 nitrogen and oxygen atoms in total. The highest BCUT2D eigenvalue weighted by molar-refractivity contribution is 14.0. The molecule has 32 heavy (non-hydrogen) atoms. The van der Waals surface area contributed by atoms with Gasteiger partial charge in [-0.15, -0.1) is 24.0 Å². The molecule has 1 aromatic heterocycles. The quantitative estimate of drug-likeness (QED) is 0.313. The molecule has 172 valence electrons. The zero-order chi connectivity index (χ0) is 21.5. The summed E-state index contributed by atoms with van der Waals surface area (Å²) in [7, 11) is 1.71. The molecule has 0 spiro atoms. The number of anilines is 1. The summed E-state index contributed by atoms with van der Waals surface area (Å²) in [6.07, 6.45) is 3.88. The van der Waals surface area contributed by atoms with Gasteiger partial charge in [0.1, 0.15) is 0 Å². The van der Waals surface area contributed by atoms with Crippen LogP contribution in [0.25, 0.3) is 0 Å². The van der Waals surface area contributed by atoms with Gasteiger partial charge in [0, 0.05) is 65.1 Å². The summed E-state index contributed by atoms with van der Waals surface area (Å²) in [5.74, 6) is 3.02. The van der Waals surface area contributed by atoms with E-state index in [1.807, 2.05) is 23.1 Å². The van der Waals surface area contributed by atoms with E-state index in [1.165, 1.54) is 0 Å². The number of hydrogen-bond acceptors (Lipinski definition) is 7. The molecule has 2 aliphatic rings. The SMILES string of the molecule is CN=C(NCCC(=O)N1CCN(c2ncccn2)CC1)NCc1ccc2c(c1)OCO2.I. The number of carbonyl (C=O) groups excluding carboxylic acids is 1. The normalized spacial score (nSPS) is 15.2. The maximum atomic E-state index is 12.5. The van der Waals surface area contributed by atoms with Gasteiger partial charge in [-0.25, -0.2) is 9.97 Å². The van der Waals surface area contributed by atoms with Crippen molar-refractivity contribution in [3.05, 3.63) is 42.2 Å². The first-order valence-electron chi connectivity index (χ1n) is 10.4. The fourth-order valence-electron chi connectivity index (χ4n) is 3.51. The average Bonchev–Trinajstić information content (AvgIpc) is 3.30. The number of halogens is 1. The number of guanidine groups is 1. The van der Waals surface area contributed by atoms with Gasteiger partial charge in [-0.05, 0) is 23.8 Å². The van der Waals surface area contributed by atoms with Crippen molar-refractivity contribution >= 4 is 41.8 Å². The molecule has 2 aliphatic heterocycles. The number of hydrogen-bond donors (Lipinski definition) is 2. The molecule has 1 saturated heterocycles. The lowest BCUT2D eigenvalue weighted by molar-refractivity contribution is -0.131. The summed E-state index contributed by atoms with van der Waals surface area (Å²) in [5.41, 5.74) is 1.06. The number of fused-ring (bicyclic) bond motifs is 1. The monoisotopic (exact) mass is 553 g/mol. The molecule has 0 bridgehead atoms. The van der Waals surface area contributed by atoms with E-state index in [2.05, 4.69) is 30.5 Å². The molecule has 1 amide bonds. The van der Waals surface area contributed by atoms with E-state index in [-0.39, 0.29) is 36.7 Å². The summed E-state index contributed by atoms with van der Waals surface area (Å²) >= 11 is 0. The van der Waals surface area contributed by atoms with E-state index in [0.717, 1.165) is 30.2 Å². The van der Waals surface area contributed by atoms with Gasteiger partial charge < -0.3 is 29.9 Å². The standard InChI is InChI=1S/C21H27N7O3.HI/c1-22-20(26-14-16-3-4-17-18(13-16)31-15-30-17)23-8-5-19(29)27-9-11-28(12-10-27)21-24-6-2-7-25-21;/h2-4,6-7,13H,5,8-12,14-15H2,1H3,(H2,22,23,26);1H. The molecule has 3 heterocycles.